The Kier molecular flexibility index (Phi) is 8.01. The molecule has 114 valence electrons. The van der Waals surface area contributed by atoms with Crippen molar-refractivity contribution < 1.29 is 0 Å². The molecule has 2 nitrogen and oxygen atoms in total. The van der Waals surface area contributed by atoms with Crippen LogP contribution in [0, 0.1) is 0 Å². The molecule has 1 fully saturated rings. The van der Waals surface area contributed by atoms with Crippen LogP contribution in [0.4, 0.5) is 0 Å². The molecule has 2 atom stereocenters. The highest BCUT2D eigenvalue weighted by Gasteiger charge is 2.38. The molecule has 0 aliphatic carbocycles. The summed E-state index contributed by atoms with van der Waals surface area (Å²) in [7, 11) is 2.15. The smallest absolute Gasteiger partial charge is 0.0331 e. The van der Waals surface area contributed by atoms with Crippen LogP contribution in [0.5, 0.6) is 0 Å². The van der Waals surface area contributed by atoms with Gasteiger partial charge in [-0.15, -0.1) is 0 Å². The summed E-state index contributed by atoms with van der Waals surface area (Å²) in [6.45, 7) is 9.74. The SMILES string of the molecule is CCCCCCCC(NC)C(C)(CC)N1CCCC1. The highest BCUT2D eigenvalue weighted by atomic mass is 15.2. The first-order valence-electron chi connectivity index (χ1n) is 8.61. The zero-order valence-electron chi connectivity index (χ0n) is 13.8. The lowest BCUT2D eigenvalue weighted by atomic mass is 9.84. The van der Waals surface area contributed by atoms with Gasteiger partial charge in [-0.05, 0) is 52.7 Å². The van der Waals surface area contributed by atoms with Gasteiger partial charge < -0.3 is 5.32 Å². The first-order chi connectivity index (χ1) is 9.19. The quantitative estimate of drug-likeness (QED) is 0.597. The Morgan fingerprint density at radius 1 is 1.05 bits per heavy atom. The number of likely N-dealkylation sites (tertiary alicyclic amines) is 1. The van der Waals surface area contributed by atoms with Gasteiger partial charge in [0, 0.05) is 11.6 Å². The maximum atomic E-state index is 3.62. The highest BCUT2D eigenvalue weighted by Crippen LogP contribution is 2.30. The molecular weight excluding hydrogens is 232 g/mol. The first-order valence-corrected chi connectivity index (χ1v) is 8.61. The zero-order valence-corrected chi connectivity index (χ0v) is 13.8. The van der Waals surface area contributed by atoms with E-state index in [1.807, 2.05) is 0 Å². The van der Waals surface area contributed by atoms with Crippen molar-refractivity contribution in [2.24, 2.45) is 0 Å². The van der Waals surface area contributed by atoms with Gasteiger partial charge in [0.25, 0.3) is 0 Å². The molecule has 0 aromatic rings. The Labute approximate surface area is 121 Å². The van der Waals surface area contributed by atoms with Gasteiger partial charge in [-0.25, -0.2) is 0 Å². The van der Waals surface area contributed by atoms with Gasteiger partial charge in [-0.3, -0.25) is 4.90 Å². The largest absolute Gasteiger partial charge is 0.315 e. The fourth-order valence-electron chi connectivity index (χ4n) is 3.64. The first kappa shape index (κ1) is 17.0. The highest BCUT2D eigenvalue weighted by molar-refractivity contribution is 4.97. The average molecular weight is 268 g/mol. The summed E-state index contributed by atoms with van der Waals surface area (Å²) in [6.07, 6.45) is 12.3. The van der Waals surface area contributed by atoms with E-state index in [-0.39, 0.29) is 0 Å². The third kappa shape index (κ3) is 4.75. The number of hydrogen-bond acceptors (Lipinski definition) is 2. The maximum absolute atomic E-state index is 3.62. The molecule has 0 aromatic carbocycles. The van der Waals surface area contributed by atoms with Gasteiger partial charge in [-0.1, -0.05) is 46.0 Å². The van der Waals surface area contributed by atoms with E-state index in [4.69, 9.17) is 0 Å². The lowest BCUT2D eigenvalue weighted by Gasteiger charge is -2.44. The van der Waals surface area contributed by atoms with E-state index in [0.29, 0.717) is 11.6 Å². The fourth-order valence-corrected chi connectivity index (χ4v) is 3.64. The number of hydrogen-bond donors (Lipinski definition) is 1. The predicted molar refractivity (Wildman–Crippen MR) is 85.7 cm³/mol. The molecule has 0 bridgehead atoms. The van der Waals surface area contributed by atoms with E-state index in [1.165, 1.54) is 70.9 Å². The zero-order chi connectivity index (χ0) is 14.1. The van der Waals surface area contributed by atoms with Crippen LogP contribution >= 0.6 is 0 Å². The van der Waals surface area contributed by atoms with Crippen LogP contribution in [-0.4, -0.2) is 36.6 Å². The van der Waals surface area contributed by atoms with Crippen molar-refractivity contribution in [3.05, 3.63) is 0 Å². The normalized spacial score (nSPS) is 21.5. The van der Waals surface area contributed by atoms with Gasteiger partial charge in [0.05, 0.1) is 0 Å². The molecule has 2 unspecified atom stereocenters. The van der Waals surface area contributed by atoms with E-state index in [2.05, 4.69) is 38.0 Å². The lowest BCUT2D eigenvalue weighted by molar-refractivity contribution is 0.0824. The van der Waals surface area contributed by atoms with Crippen LogP contribution in [0.2, 0.25) is 0 Å². The number of nitrogens with zero attached hydrogens (tertiary/aromatic N) is 1. The molecular formula is C17H36N2. The van der Waals surface area contributed by atoms with Gasteiger partial charge in [0.1, 0.15) is 0 Å². The van der Waals surface area contributed by atoms with Gasteiger partial charge >= 0.3 is 0 Å². The monoisotopic (exact) mass is 268 g/mol. The van der Waals surface area contributed by atoms with Crippen molar-refractivity contribution in [3.63, 3.8) is 0 Å². The molecule has 0 saturated carbocycles. The summed E-state index contributed by atoms with van der Waals surface area (Å²) >= 11 is 0. The van der Waals surface area contributed by atoms with Gasteiger partial charge in [0.15, 0.2) is 0 Å². The fraction of sp³-hybridized carbons (Fsp3) is 1.00. The molecule has 0 aromatic heterocycles. The molecule has 0 amide bonds. The predicted octanol–water partition coefficient (Wildman–Crippen LogP) is 4.20. The van der Waals surface area contributed by atoms with Crippen molar-refractivity contribution in [2.75, 3.05) is 20.1 Å². The van der Waals surface area contributed by atoms with Crippen LogP contribution in [0.15, 0.2) is 0 Å². The van der Waals surface area contributed by atoms with E-state index < -0.39 is 0 Å². The van der Waals surface area contributed by atoms with Crippen LogP contribution in [0.3, 0.4) is 0 Å². The summed E-state index contributed by atoms with van der Waals surface area (Å²) in [5, 5.41) is 3.62. The number of unbranched alkanes of at least 4 members (excludes halogenated alkanes) is 4. The Bertz CT molecular complexity index is 223. The van der Waals surface area contributed by atoms with Crippen molar-refractivity contribution in [1.29, 1.82) is 0 Å². The second-order valence-electron chi connectivity index (χ2n) is 6.45. The Balaban J connectivity index is 2.44. The Morgan fingerprint density at radius 3 is 2.21 bits per heavy atom. The van der Waals surface area contributed by atoms with E-state index in [0.717, 1.165) is 0 Å². The summed E-state index contributed by atoms with van der Waals surface area (Å²) in [6, 6.07) is 0.650. The van der Waals surface area contributed by atoms with E-state index in [1.54, 1.807) is 0 Å². The van der Waals surface area contributed by atoms with E-state index >= 15 is 0 Å². The molecule has 1 N–H and O–H groups in total. The Morgan fingerprint density at radius 2 is 1.68 bits per heavy atom. The standard InChI is InChI=1S/C17H36N2/c1-5-7-8-9-10-13-16(18-4)17(3,6-2)19-14-11-12-15-19/h16,18H,5-15H2,1-4H3. The maximum Gasteiger partial charge on any atom is 0.0331 e. The third-order valence-corrected chi connectivity index (χ3v) is 5.24. The van der Waals surface area contributed by atoms with Crippen LogP contribution < -0.4 is 5.32 Å². The molecule has 1 heterocycles. The van der Waals surface area contributed by atoms with Crippen molar-refractivity contribution in [2.45, 2.75) is 90.1 Å². The number of nitrogens with one attached hydrogen (secondary N) is 1. The number of likely N-dealkylation sites (N-methyl/N-ethyl adjacent to an activating group) is 1. The van der Waals surface area contributed by atoms with Crippen LogP contribution in [0.1, 0.15) is 78.6 Å². The summed E-state index contributed by atoms with van der Waals surface area (Å²) in [5.41, 5.74) is 0.357. The van der Waals surface area contributed by atoms with Crippen molar-refractivity contribution in [1.82, 2.24) is 10.2 Å². The van der Waals surface area contributed by atoms with Crippen molar-refractivity contribution >= 4 is 0 Å². The summed E-state index contributed by atoms with van der Waals surface area (Å²) in [5.74, 6) is 0. The van der Waals surface area contributed by atoms with E-state index in [9.17, 15) is 0 Å². The lowest BCUT2D eigenvalue weighted by Crippen LogP contribution is -2.57. The van der Waals surface area contributed by atoms with Crippen LogP contribution in [-0.2, 0) is 0 Å². The molecule has 1 saturated heterocycles. The molecule has 2 heteroatoms. The summed E-state index contributed by atoms with van der Waals surface area (Å²) < 4.78 is 0. The molecule has 1 aliphatic rings. The molecule has 0 radical (unpaired) electrons. The molecule has 19 heavy (non-hydrogen) atoms. The average Bonchev–Trinajstić information content (AvgIpc) is 2.96. The minimum atomic E-state index is 0.357. The van der Waals surface area contributed by atoms with Gasteiger partial charge in [-0.2, -0.15) is 0 Å². The molecule has 1 aliphatic heterocycles. The second-order valence-corrected chi connectivity index (χ2v) is 6.45. The Hall–Kier alpha value is -0.0800. The minimum Gasteiger partial charge on any atom is -0.315 e. The molecule has 1 rings (SSSR count). The van der Waals surface area contributed by atoms with Crippen molar-refractivity contribution in [3.8, 4) is 0 Å². The number of rotatable bonds is 10. The topological polar surface area (TPSA) is 15.3 Å². The van der Waals surface area contributed by atoms with Crippen LogP contribution in [0.25, 0.3) is 0 Å². The second kappa shape index (κ2) is 8.97. The summed E-state index contributed by atoms with van der Waals surface area (Å²) in [4.78, 5) is 2.74. The van der Waals surface area contributed by atoms with Gasteiger partial charge in [0.2, 0.25) is 0 Å². The minimum absolute atomic E-state index is 0.357. The third-order valence-electron chi connectivity index (χ3n) is 5.24. The molecule has 0 spiro atoms.